The van der Waals surface area contributed by atoms with Crippen molar-refractivity contribution >= 4 is 19.7 Å². The van der Waals surface area contributed by atoms with Crippen LogP contribution in [0.4, 0.5) is 0 Å². The van der Waals surface area contributed by atoms with Crippen LogP contribution in [0.2, 0.25) is 0 Å². The molecule has 8 nitrogen and oxygen atoms in total. The second-order valence-electron chi connectivity index (χ2n) is 4.85. The first-order valence-electron chi connectivity index (χ1n) is 6.15. The number of aromatic nitrogens is 2. The SMILES string of the molecule is CO[C@@H]1[C@H](C)[C@@H](CS(=O)(=O)Cl)O[C@H]1n1ccc(=O)[nH]c1=O. The van der Waals surface area contributed by atoms with Crippen molar-refractivity contribution in [2.75, 3.05) is 12.9 Å². The molecule has 0 aliphatic carbocycles. The van der Waals surface area contributed by atoms with E-state index in [9.17, 15) is 18.0 Å². The smallest absolute Gasteiger partial charge is 0.330 e. The quantitative estimate of drug-likeness (QED) is 0.752. The number of nitrogens with one attached hydrogen (secondary N) is 1. The number of hydrogen-bond acceptors (Lipinski definition) is 6. The van der Waals surface area contributed by atoms with Crippen LogP contribution in [0.5, 0.6) is 0 Å². The van der Waals surface area contributed by atoms with Gasteiger partial charge in [0.25, 0.3) is 5.56 Å². The number of rotatable bonds is 4. The maximum Gasteiger partial charge on any atom is 0.330 e. The molecular weight excluding hydrogens is 324 g/mol. The normalized spacial score (nSPS) is 29.7. The van der Waals surface area contributed by atoms with Gasteiger partial charge in [0, 0.05) is 36.0 Å². The Kier molecular flexibility index (Phi) is 4.57. The van der Waals surface area contributed by atoms with Crippen LogP contribution in [0.15, 0.2) is 21.9 Å². The van der Waals surface area contributed by atoms with Crippen molar-refractivity contribution in [1.82, 2.24) is 9.55 Å². The van der Waals surface area contributed by atoms with Gasteiger partial charge < -0.3 is 9.47 Å². The Bertz CT molecular complexity index is 727. The van der Waals surface area contributed by atoms with Crippen molar-refractivity contribution in [1.29, 1.82) is 0 Å². The van der Waals surface area contributed by atoms with Gasteiger partial charge in [-0.05, 0) is 0 Å². The van der Waals surface area contributed by atoms with Crippen LogP contribution in [0.1, 0.15) is 13.2 Å². The Balaban J connectivity index is 2.35. The number of aromatic amines is 1. The second-order valence-corrected chi connectivity index (χ2v) is 7.67. The lowest BCUT2D eigenvalue weighted by atomic mass is 10.0. The summed E-state index contributed by atoms with van der Waals surface area (Å²) in [7, 11) is 2.94. The number of methoxy groups -OCH3 is 1. The highest BCUT2D eigenvalue weighted by atomic mass is 35.7. The lowest BCUT2D eigenvalue weighted by Crippen LogP contribution is -2.36. The van der Waals surface area contributed by atoms with Gasteiger partial charge in [-0.1, -0.05) is 6.92 Å². The summed E-state index contributed by atoms with van der Waals surface area (Å²) in [4.78, 5) is 25.0. The molecule has 1 aliphatic heterocycles. The Hall–Kier alpha value is -1.16. The number of H-pyrrole nitrogens is 1. The third-order valence-electron chi connectivity index (χ3n) is 3.46. The van der Waals surface area contributed by atoms with E-state index in [1.807, 2.05) is 0 Å². The zero-order valence-electron chi connectivity index (χ0n) is 11.4. The molecule has 0 aromatic carbocycles. The molecule has 1 aromatic rings. The van der Waals surface area contributed by atoms with Gasteiger partial charge in [-0.2, -0.15) is 0 Å². The molecule has 4 atom stereocenters. The minimum absolute atomic E-state index is 0.299. The van der Waals surface area contributed by atoms with E-state index < -0.39 is 38.7 Å². The van der Waals surface area contributed by atoms with Crippen LogP contribution in [0.3, 0.4) is 0 Å². The number of hydrogen-bond donors (Lipinski definition) is 1. The van der Waals surface area contributed by atoms with Gasteiger partial charge in [-0.15, -0.1) is 0 Å². The van der Waals surface area contributed by atoms with Crippen molar-refractivity contribution in [2.24, 2.45) is 5.92 Å². The topological polar surface area (TPSA) is 107 Å². The van der Waals surface area contributed by atoms with Gasteiger partial charge in [0.1, 0.15) is 6.10 Å². The van der Waals surface area contributed by atoms with Crippen LogP contribution in [0.25, 0.3) is 0 Å². The average molecular weight is 339 g/mol. The van der Waals surface area contributed by atoms with Gasteiger partial charge in [-0.3, -0.25) is 14.3 Å². The van der Waals surface area contributed by atoms with Crippen molar-refractivity contribution in [3.05, 3.63) is 33.1 Å². The van der Waals surface area contributed by atoms with Crippen LogP contribution in [0, 0.1) is 5.92 Å². The molecule has 1 fully saturated rings. The molecule has 21 heavy (non-hydrogen) atoms. The third kappa shape index (κ3) is 3.54. The summed E-state index contributed by atoms with van der Waals surface area (Å²) in [6, 6.07) is 1.17. The zero-order valence-corrected chi connectivity index (χ0v) is 12.9. The molecule has 0 spiro atoms. The standard InChI is InChI=1S/C11H15ClN2O6S/c1-6-7(5-21(12,17)18)20-10(9(6)19-2)14-4-3-8(15)13-11(14)16/h3-4,6-7,9-10H,5H2,1-2H3,(H,13,15,16)/t6-,7-,9-,10-/m1/s1. The van der Waals surface area contributed by atoms with Crippen molar-refractivity contribution in [3.8, 4) is 0 Å². The van der Waals surface area contributed by atoms with Gasteiger partial charge in [0.05, 0.1) is 11.9 Å². The molecule has 0 radical (unpaired) electrons. The minimum Gasteiger partial charge on any atom is -0.376 e. The number of nitrogens with zero attached hydrogens (tertiary/aromatic N) is 1. The van der Waals surface area contributed by atoms with Gasteiger partial charge in [0.15, 0.2) is 6.23 Å². The maximum atomic E-state index is 11.8. The highest BCUT2D eigenvalue weighted by molar-refractivity contribution is 8.13. The molecule has 2 heterocycles. The first kappa shape index (κ1) is 16.2. The van der Waals surface area contributed by atoms with Gasteiger partial charge in [-0.25, -0.2) is 13.2 Å². The molecule has 0 bridgehead atoms. The molecule has 118 valence electrons. The molecule has 0 amide bonds. The van der Waals surface area contributed by atoms with E-state index in [-0.39, 0.29) is 11.7 Å². The molecule has 1 aromatic heterocycles. The van der Waals surface area contributed by atoms with Gasteiger partial charge >= 0.3 is 5.69 Å². The molecule has 1 saturated heterocycles. The van der Waals surface area contributed by atoms with Crippen LogP contribution < -0.4 is 11.2 Å². The molecule has 1 N–H and O–H groups in total. The molecule has 1 aliphatic rings. The highest BCUT2D eigenvalue weighted by Gasteiger charge is 2.45. The van der Waals surface area contributed by atoms with E-state index in [0.717, 1.165) is 4.57 Å². The first-order valence-corrected chi connectivity index (χ1v) is 8.63. The van der Waals surface area contributed by atoms with E-state index in [2.05, 4.69) is 4.98 Å². The Morgan fingerprint density at radius 2 is 2.14 bits per heavy atom. The Labute approximate surface area is 125 Å². The fourth-order valence-electron chi connectivity index (χ4n) is 2.42. The summed E-state index contributed by atoms with van der Waals surface area (Å²) in [5, 5.41) is 0. The summed E-state index contributed by atoms with van der Waals surface area (Å²) >= 11 is 0. The minimum atomic E-state index is -3.75. The van der Waals surface area contributed by atoms with Crippen molar-refractivity contribution in [3.63, 3.8) is 0 Å². The lowest BCUT2D eigenvalue weighted by Gasteiger charge is -2.20. The summed E-state index contributed by atoms with van der Waals surface area (Å²) in [6.45, 7) is 1.75. The third-order valence-corrected chi connectivity index (χ3v) is 4.57. The summed E-state index contributed by atoms with van der Waals surface area (Å²) in [6.07, 6.45) is -0.807. The highest BCUT2D eigenvalue weighted by Crippen LogP contribution is 2.35. The average Bonchev–Trinajstić information content (AvgIpc) is 2.64. The lowest BCUT2D eigenvalue weighted by molar-refractivity contribution is -0.0484. The first-order chi connectivity index (χ1) is 9.73. The Morgan fingerprint density at radius 1 is 1.48 bits per heavy atom. The summed E-state index contributed by atoms with van der Waals surface area (Å²) in [5.41, 5.74) is -1.19. The van der Waals surface area contributed by atoms with Crippen LogP contribution in [-0.4, -0.2) is 43.0 Å². The van der Waals surface area contributed by atoms with E-state index in [1.165, 1.54) is 19.4 Å². The second kappa shape index (κ2) is 5.91. The number of halogens is 1. The predicted octanol–water partition coefficient (Wildman–Crippen LogP) is -0.346. The van der Waals surface area contributed by atoms with E-state index >= 15 is 0 Å². The predicted molar refractivity (Wildman–Crippen MR) is 74.8 cm³/mol. The number of ether oxygens (including phenoxy) is 2. The van der Waals surface area contributed by atoms with E-state index in [4.69, 9.17) is 20.2 Å². The fraction of sp³-hybridized carbons (Fsp3) is 0.636. The van der Waals surface area contributed by atoms with Crippen molar-refractivity contribution in [2.45, 2.75) is 25.4 Å². The maximum absolute atomic E-state index is 11.8. The summed E-state index contributed by atoms with van der Waals surface area (Å²) in [5.74, 6) is -0.683. The molecule has 2 rings (SSSR count). The molecular formula is C11H15ClN2O6S. The van der Waals surface area contributed by atoms with Crippen molar-refractivity contribution < 1.29 is 17.9 Å². The Morgan fingerprint density at radius 3 is 2.67 bits per heavy atom. The molecule has 0 saturated carbocycles. The largest absolute Gasteiger partial charge is 0.376 e. The van der Waals surface area contributed by atoms with Crippen LogP contribution >= 0.6 is 10.7 Å². The van der Waals surface area contributed by atoms with E-state index in [1.54, 1.807) is 6.92 Å². The fourth-order valence-corrected chi connectivity index (χ4v) is 3.57. The van der Waals surface area contributed by atoms with Gasteiger partial charge in [0.2, 0.25) is 9.05 Å². The molecule has 0 unspecified atom stereocenters. The van der Waals surface area contributed by atoms with E-state index in [0.29, 0.717) is 0 Å². The summed E-state index contributed by atoms with van der Waals surface area (Å²) < 4.78 is 34.5. The zero-order chi connectivity index (χ0) is 15.8. The monoisotopic (exact) mass is 338 g/mol. The van der Waals surface area contributed by atoms with Crippen LogP contribution in [-0.2, 0) is 18.5 Å². The molecule has 10 heteroatoms.